The Bertz CT molecular complexity index is 536. The summed E-state index contributed by atoms with van der Waals surface area (Å²) >= 11 is 0. The van der Waals surface area contributed by atoms with Crippen molar-refractivity contribution >= 4 is 18.2 Å². The van der Waals surface area contributed by atoms with E-state index in [1.807, 2.05) is 18.2 Å². The number of halogens is 1. The van der Waals surface area contributed by atoms with Gasteiger partial charge in [-0.15, -0.1) is 12.4 Å². The summed E-state index contributed by atoms with van der Waals surface area (Å²) in [5, 5.41) is 0. The van der Waals surface area contributed by atoms with Gasteiger partial charge in [0.1, 0.15) is 12.1 Å². The van der Waals surface area contributed by atoms with E-state index in [9.17, 15) is 0 Å². The molecule has 3 rings (SSSR count). The molecule has 0 amide bonds. The molecule has 1 saturated heterocycles. The first kappa shape index (κ1) is 14.8. The number of hydrogen-bond acceptors (Lipinski definition) is 3. The molecular formula is C16H20ClN3. The quantitative estimate of drug-likeness (QED) is 0.842. The monoisotopic (exact) mass is 289 g/mol. The fourth-order valence-corrected chi connectivity index (χ4v) is 2.52. The molecule has 20 heavy (non-hydrogen) atoms. The van der Waals surface area contributed by atoms with Crippen LogP contribution in [0.5, 0.6) is 0 Å². The fourth-order valence-electron chi connectivity index (χ4n) is 2.52. The van der Waals surface area contributed by atoms with Crippen molar-refractivity contribution in [2.24, 2.45) is 5.92 Å². The zero-order valence-corrected chi connectivity index (χ0v) is 12.5. The van der Waals surface area contributed by atoms with Crippen LogP contribution in [0.4, 0.5) is 5.82 Å². The Labute approximate surface area is 126 Å². The Morgan fingerprint density at radius 1 is 1.05 bits per heavy atom. The third kappa shape index (κ3) is 3.28. The van der Waals surface area contributed by atoms with E-state index in [2.05, 4.69) is 40.0 Å². The van der Waals surface area contributed by atoms with Gasteiger partial charge in [0, 0.05) is 24.7 Å². The summed E-state index contributed by atoms with van der Waals surface area (Å²) in [7, 11) is 0. The molecule has 2 heterocycles. The van der Waals surface area contributed by atoms with Crippen LogP contribution in [0.2, 0.25) is 0 Å². The first-order chi connectivity index (χ1) is 9.33. The van der Waals surface area contributed by atoms with Crippen molar-refractivity contribution in [3.63, 3.8) is 0 Å². The minimum Gasteiger partial charge on any atom is -0.356 e. The standard InChI is InChI=1S/C16H19N3.ClH/c1-13-7-9-19(10-8-13)16-11-15(17-12-18-16)14-5-3-2-4-6-14;/h2-6,11-13H,7-10H2,1H3;1H. The van der Waals surface area contributed by atoms with Gasteiger partial charge in [0.25, 0.3) is 0 Å². The van der Waals surface area contributed by atoms with Crippen LogP contribution < -0.4 is 4.90 Å². The van der Waals surface area contributed by atoms with Gasteiger partial charge in [-0.25, -0.2) is 9.97 Å². The van der Waals surface area contributed by atoms with Gasteiger partial charge < -0.3 is 4.90 Å². The molecule has 1 aromatic carbocycles. The van der Waals surface area contributed by atoms with Crippen LogP contribution in [0.3, 0.4) is 0 Å². The van der Waals surface area contributed by atoms with Gasteiger partial charge in [0.05, 0.1) is 5.69 Å². The fraction of sp³-hybridized carbons (Fsp3) is 0.375. The molecule has 4 heteroatoms. The third-order valence-electron chi connectivity index (χ3n) is 3.83. The highest BCUT2D eigenvalue weighted by atomic mass is 35.5. The van der Waals surface area contributed by atoms with Gasteiger partial charge in [-0.05, 0) is 18.8 Å². The highest BCUT2D eigenvalue weighted by molar-refractivity contribution is 5.85. The highest BCUT2D eigenvalue weighted by Crippen LogP contribution is 2.24. The second-order valence-corrected chi connectivity index (χ2v) is 5.30. The van der Waals surface area contributed by atoms with Crippen LogP contribution in [-0.2, 0) is 0 Å². The zero-order chi connectivity index (χ0) is 13.1. The van der Waals surface area contributed by atoms with Crippen molar-refractivity contribution in [2.45, 2.75) is 19.8 Å². The molecule has 1 fully saturated rings. The first-order valence-electron chi connectivity index (χ1n) is 6.95. The van der Waals surface area contributed by atoms with E-state index in [-0.39, 0.29) is 12.4 Å². The van der Waals surface area contributed by atoms with E-state index in [0.29, 0.717) is 0 Å². The van der Waals surface area contributed by atoms with Crippen LogP contribution in [0.15, 0.2) is 42.7 Å². The molecule has 0 unspecified atom stereocenters. The van der Waals surface area contributed by atoms with Gasteiger partial charge in [-0.3, -0.25) is 0 Å². The van der Waals surface area contributed by atoms with Gasteiger partial charge in [0.2, 0.25) is 0 Å². The lowest BCUT2D eigenvalue weighted by atomic mass is 9.99. The maximum atomic E-state index is 4.43. The minimum atomic E-state index is 0. The molecule has 106 valence electrons. The molecule has 0 bridgehead atoms. The van der Waals surface area contributed by atoms with Crippen molar-refractivity contribution in [3.05, 3.63) is 42.7 Å². The number of anilines is 1. The van der Waals surface area contributed by atoms with Crippen LogP contribution in [0.25, 0.3) is 11.3 Å². The number of benzene rings is 1. The predicted molar refractivity (Wildman–Crippen MR) is 85.3 cm³/mol. The summed E-state index contributed by atoms with van der Waals surface area (Å²) in [5.74, 6) is 1.90. The summed E-state index contributed by atoms with van der Waals surface area (Å²) in [4.78, 5) is 11.2. The molecule has 1 aromatic heterocycles. The Morgan fingerprint density at radius 2 is 1.75 bits per heavy atom. The summed E-state index contributed by atoms with van der Waals surface area (Å²) < 4.78 is 0. The summed E-state index contributed by atoms with van der Waals surface area (Å²) in [6.07, 6.45) is 4.19. The maximum absolute atomic E-state index is 4.43. The lowest BCUT2D eigenvalue weighted by molar-refractivity contribution is 0.436. The largest absolute Gasteiger partial charge is 0.356 e. The number of aromatic nitrogens is 2. The van der Waals surface area contributed by atoms with Crippen LogP contribution in [-0.4, -0.2) is 23.1 Å². The van der Waals surface area contributed by atoms with Gasteiger partial charge in [0.15, 0.2) is 0 Å². The summed E-state index contributed by atoms with van der Waals surface area (Å²) in [6.45, 7) is 4.53. The van der Waals surface area contributed by atoms with Crippen LogP contribution >= 0.6 is 12.4 Å². The lowest BCUT2D eigenvalue weighted by Crippen LogP contribution is -2.33. The number of nitrogens with zero attached hydrogens (tertiary/aromatic N) is 3. The Hall–Kier alpha value is -1.61. The number of piperidine rings is 1. The van der Waals surface area contributed by atoms with E-state index < -0.39 is 0 Å². The molecule has 2 aromatic rings. The molecule has 3 nitrogen and oxygen atoms in total. The van der Waals surface area contributed by atoms with Crippen molar-refractivity contribution in [1.29, 1.82) is 0 Å². The smallest absolute Gasteiger partial charge is 0.132 e. The second-order valence-electron chi connectivity index (χ2n) is 5.30. The molecule has 0 atom stereocenters. The van der Waals surface area contributed by atoms with Gasteiger partial charge in [-0.1, -0.05) is 37.3 Å². The van der Waals surface area contributed by atoms with Crippen LogP contribution in [0, 0.1) is 5.92 Å². The average Bonchev–Trinajstić information content (AvgIpc) is 2.49. The number of rotatable bonds is 2. The summed E-state index contributed by atoms with van der Waals surface area (Å²) in [6, 6.07) is 12.4. The SMILES string of the molecule is CC1CCN(c2cc(-c3ccccc3)ncn2)CC1.Cl. The molecule has 1 aliphatic heterocycles. The van der Waals surface area contributed by atoms with E-state index in [1.165, 1.54) is 12.8 Å². The topological polar surface area (TPSA) is 29.0 Å². The maximum Gasteiger partial charge on any atom is 0.132 e. The Kier molecular flexibility index (Phi) is 4.96. The van der Waals surface area contributed by atoms with Crippen molar-refractivity contribution in [2.75, 3.05) is 18.0 Å². The molecule has 0 aliphatic carbocycles. The molecule has 0 radical (unpaired) electrons. The van der Waals surface area contributed by atoms with E-state index in [4.69, 9.17) is 0 Å². The third-order valence-corrected chi connectivity index (χ3v) is 3.83. The molecule has 1 aliphatic rings. The molecule has 0 N–H and O–H groups in total. The highest BCUT2D eigenvalue weighted by Gasteiger charge is 2.17. The van der Waals surface area contributed by atoms with Crippen molar-refractivity contribution < 1.29 is 0 Å². The van der Waals surface area contributed by atoms with E-state index in [0.717, 1.165) is 36.1 Å². The van der Waals surface area contributed by atoms with Gasteiger partial charge >= 0.3 is 0 Å². The Morgan fingerprint density at radius 3 is 2.45 bits per heavy atom. The zero-order valence-electron chi connectivity index (χ0n) is 11.7. The van der Waals surface area contributed by atoms with Crippen LogP contribution in [0.1, 0.15) is 19.8 Å². The second kappa shape index (κ2) is 6.71. The van der Waals surface area contributed by atoms with E-state index >= 15 is 0 Å². The molecule has 0 saturated carbocycles. The predicted octanol–water partition coefficient (Wildman–Crippen LogP) is 3.80. The normalized spacial score (nSPS) is 15.8. The first-order valence-corrected chi connectivity index (χ1v) is 6.95. The van der Waals surface area contributed by atoms with E-state index in [1.54, 1.807) is 6.33 Å². The lowest BCUT2D eigenvalue weighted by Gasteiger charge is -2.31. The molecule has 0 spiro atoms. The minimum absolute atomic E-state index is 0. The average molecular weight is 290 g/mol. The molecular weight excluding hydrogens is 270 g/mol. The summed E-state index contributed by atoms with van der Waals surface area (Å²) in [5.41, 5.74) is 2.15. The van der Waals surface area contributed by atoms with Gasteiger partial charge in [-0.2, -0.15) is 0 Å². The number of hydrogen-bond donors (Lipinski definition) is 0. The van der Waals surface area contributed by atoms with Crippen molar-refractivity contribution in [1.82, 2.24) is 9.97 Å². The van der Waals surface area contributed by atoms with Crippen molar-refractivity contribution in [3.8, 4) is 11.3 Å². The Balaban J connectivity index is 0.00000147.